The van der Waals surface area contributed by atoms with Gasteiger partial charge in [0.15, 0.2) is 0 Å². The van der Waals surface area contributed by atoms with Gasteiger partial charge in [0, 0.05) is 10.5 Å². The van der Waals surface area contributed by atoms with Gasteiger partial charge in [-0.2, -0.15) is 0 Å². The lowest BCUT2D eigenvalue weighted by Gasteiger charge is -2.05. The van der Waals surface area contributed by atoms with Gasteiger partial charge in [-0.15, -0.1) is 0 Å². The maximum absolute atomic E-state index is 11.3. The molecule has 0 spiro atoms. The monoisotopic (exact) mass is 354 g/mol. The van der Waals surface area contributed by atoms with E-state index in [0.29, 0.717) is 15.9 Å². The van der Waals surface area contributed by atoms with Crippen molar-refractivity contribution in [1.82, 2.24) is 0 Å². The molecule has 1 aromatic carbocycles. The minimum atomic E-state index is -0.573. The van der Waals surface area contributed by atoms with E-state index in [1.807, 2.05) is 0 Å². The molecule has 1 heterocycles. The second-order valence-electron chi connectivity index (χ2n) is 4.03. The van der Waals surface area contributed by atoms with Gasteiger partial charge in [0.2, 0.25) is 5.76 Å². The molecule has 21 heavy (non-hydrogen) atoms. The molecule has 1 aromatic heterocycles. The van der Waals surface area contributed by atoms with Crippen LogP contribution in [0.2, 0.25) is 0 Å². The minimum Gasteiger partial charge on any atom is -0.463 e. The van der Waals surface area contributed by atoms with Crippen molar-refractivity contribution in [3.8, 4) is 0 Å². The molecule has 0 atom stereocenters. The highest BCUT2D eigenvalue weighted by Gasteiger charge is 2.15. The largest absolute Gasteiger partial charge is 0.463 e. The summed E-state index contributed by atoms with van der Waals surface area (Å²) in [6.45, 7) is 0.208. The summed E-state index contributed by atoms with van der Waals surface area (Å²) in [5, 5.41) is 13.9. The van der Waals surface area contributed by atoms with Crippen LogP contribution in [0.25, 0.3) is 0 Å². The Bertz CT molecular complexity index is 683. The molecule has 2 rings (SSSR count). The topological polar surface area (TPSA) is 94.6 Å². The van der Waals surface area contributed by atoms with E-state index in [4.69, 9.17) is 4.42 Å². The molecule has 0 fully saturated rings. The van der Waals surface area contributed by atoms with Crippen molar-refractivity contribution in [3.05, 3.63) is 56.4 Å². The molecular formula is C13H11BrN2O5. The molecule has 8 heteroatoms. The number of methoxy groups -OCH3 is 1. The molecule has 0 amide bonds. The van der Waals surface area contributed by atoms with Crippen LogP contribution in [-0.2, 0) is 11.3 Å². The number of anilines is 1. The second-order valence-corrected chi connectivity index (χ2v) is 4.95. The van der Waals surface area contributed by atoms with Crippen molar-refractivity contribution < 1.29 is 18.9 Å². The van der Waals surface area contributed by atoms with Gasteiger partial charge in [-0.3, -0.25) is 10.1 Å². The zero-order chi connectivity index (χ0) is 15.4. The summed E-state index contributed by atoms with van der Waals surface area (Å²) in [4.78, 5) is 21.8. The number of rotatable bonds is 5. The van der Waals surface area contributed by atoms with Crippen LogP contribution in [0, 0.1) is 10.1 Å². The van der Waals surface area contributed by atoms with Gasteiger partial charge >= 0.3 is 5.97 Å². The van der Waals surface area contributed by atoms with Crippen molar-refractivity contribution in [2.75, 3.05) is 12.4 Å². The normalized spacial score (nSPS) is 10.2. The van der Waals surface area contributed by atoms with Crippen molar-refractivity contribution >= 4 is 33.3 Å². The van der Waals surface area contributed by atoms with Crippen molar-refractivity contribution in [3.63, 3.8) is 0 Å². The lowest BCUT2D eigenvalue weighted by molar-refractivity contribution is -0.384. The zero-order valence-electron chi connectivity index (χ0n) is 11.0. The van der Waals surface area contributed by atoms with Gasteiger partial charge in [0.1, 0.15) is 11.4 Å². The van der Waals surface area contributed by atoms with E-state index in [1.54, 1.807) is 18.2 Å². The highest BCUT2D eigenvalue weighted by molar-refractivity contribution is 9.10. The van der Waals surface area contributed by atoms with Gasteiger partial charge in [-0.1, -0.05) is 15.9 Å². The van der Waals surface area contributed by atoms with Crippen LogP contribution in [0.1, 0.15) is 16.3 Å². The highest BCUT2D eigenvalue weighted by Crippen LogP contribution is 2.28. The van der Waals surface area contributed by atoms with Crippen LogP contribution >= 0.6 is 15.9 Å². The van der Waals surface area contributed by atoms with E-state index < -0.39 is 10.9 Å². The number of nitro groups is 1. The fraction of sp³-hybridized carbons (Fsp3) is 0.154. The molecule has 0 bridgehead atoms. The summed E-state index contributed by atoms with van der Waals surface area (Å²) >= 11 is 3.19. The van der Waals surface area contributed by atoms with Crippen molar-refractivity contribution in [1.29, 1.82) is 0 Å². The summed E-state index contributed by atoms with van der Waals surface area (Å²) in [6.07, 6.45) is 0. The number of esters is 1. The van der Waals surface area contributed by atoms with Gasteiger partial charge in [0.05, 0.1) is 18.6 Å². The molecule has 0 unspecified atom stereocenters. The summed E-state index contributed by atoms with van der Waals surface area (Å²) < 4.78 is 10.4. The van der Waals surface area contributed by atoms with Crippen LogP contribution in [-0.4, -0.2) is 18.0 Å². The van der Waals surface area contributed by atoms with Gasteiger partial charge in [0.25, 0.3) is 5.69 Å². The third-order valence-electron chi connectivity index (χ3n) is 2.66. The molecule has 0 aliphatic carbocycles. The van der Waals surface area contributed by atoms with Gasteiger partial charge in [-0.25, -0.2) is 4.79 Å². The first kappa shape index (κ1) is 15.0. The first-order chi connectivity index (χ1) is 10.0. The van der Waals surface area contributed by atoms with Crippen molar-refractivity contribution in [2.24, 2.45) is 0 Å². The fourth-order valence-electron chi connectivity index (χ4n) is 1.67. The molecule has 7 nitrogen and oxygen atoms in total. The summed E-state index contributed by atoms with van der Waals surface area (Å²) in [5.41, 5.74) is 0.309. The Labute approximate surface area is 128 Å². The lowest BCUT2D eigenvalue weighted by atomic mass is 10.2. The van der Waals surface area contributed by atoms with Crippen LogP contribution < -0.4 is 5.32 Å². The lowest BCUT2D eigenvalue weighted by Crippen LogP contribution is -2.02. The van der Waals surface area contributed by atoms with Crippen LogP contribution in [0.3, 0.4) is 0 Å². The second kappa shape index (κ2) is 6.40. The van der Waals surface area contributed by atoms with E-state index in [-0.39, 0.29) is 18.0 Å². The minimum absolute atomic E-state index is 0.0517. The van der Waals surface area contributed by atoms with Crippen LogP contribution in [0.4, 0.5) is 11.4 Å². The Hall–Kier alpha value is -2.35. The predicted molar refractivity (Wildman–Crippen MR) is 78.2 cm³/mol. The molecule has 0 saturated heterocycles. The number of halogens is 1. The summed E-state index contributed by atoms with van der Waals surface area (Å²) in [7, 11) is 1.26. The molecule has 0 aliphatic heterocycles. The summed E-state index contributed by atoms with van der Waals surface area (Å²) in [5.74, 6) is -0.0249. The number of carbonyl (C=O) groups excluding carboxylic acids is 1. The molecular weight excluding hydrogens is 344 g/mol. The molecule has 110 valence electrons. The Balaban J connectivity index is 2.11. The zero-order valence-corrected chi connectivity index (χ0v) is 12.5. The smallest absolute Gasteiger partial charge is 0.373 e. The number of benzene rings is 1. The quantitative estimate of drug-likeness (QED) is 0.502. The third-order valence-corrected chi connectivity index (χ3v) is 3.15. The van der Waals surface area contributed by atoms with E-state index in [2.05, 4.69) is 26.0 Å². The Kier molecular flexibility index (Phi) is 4.59. The average molecular weight is 355 g/mol. The number of hydrogen-bond acceptors (Lipinski definition) is 6. The van der Waals surface area contributed by atoms with E-state index in [0.717, 1.165) is 0 Å². The maximum atomic E-state index is 11.3. The SMILES string of the molecule is COC(=O)c1ccc(CNc2ccc(Br)cc2[N+](=O)[O-])o1. The van der Waals surface area contributed by atoms with Crippen LogP contribution in [0.15, 0.2) is 39.2 Å². The molecule has 0 aliphatic rings. The first-order valence-electron chi connectivity index (χ1n) is 5.86. The number of nitrogens with one attached hydrogen (secondary N) is 1. The van der Waals surface area contributed by atoms with E-state index in [1.165, 1.54) is 19.2 Å². The molecule has 1 N–H and O–H groups in total. The number of furan rings is 1. The first-order valence-corrected chi connectivity index (χ1v) is 6.65. The maximum Gasteiger partial charge on any atom is 0.373 e. The number of nitrogens with zero attached hydrogens (tertiary/aromatic N) is 1. The molecule has 0 saturated carbocycles. The van der Waals surface area contributed by atoms with Crippen molar-refractivity contribution in [2.45, 2.75) is 6.54 Å². The number of nitro benzene ring substituents is 1. The van der Waals surface area contributed by atoms with Gasteiger partial charge in [-0.05, 0) is 24.3 Å². The standard InChI is InChI=1S/C13H11BrN2O5/c1-20-13(17)12-5-3-9(21-12)7-15-10-4-2-8(14)6-11(10)16(18)19/h2-6,15H,7H2,1H3. The van der Waals surface area contributed by atoms with Crippen LogP contribution in [0.5, 0.6) is 0 Å². The highest BCUT2D eigenvalue weighted by atomic mass is 79.9. The molecule has 2 aromatic rings. The Morgan fingerprint density at radius 3 is 2.86 bits per heavy atom. The average Bonchev–Trinajstić information content (AvgIpc) is 2.93. The Morgan fingerprint density at radius 2 is 2.19 bits per heavy atom. The number of ether oxygens (including phenoxy) is 1. The predicted octanol–water partition coefficient (Wildman–Crippen LogP) is 3.35. The Morgan fingerprint density at radius 1 is 1.43 bits per heavy atom. The summed E-state index contributed by atoms with van der Waals surface area (Å²) in [6, 6.07) is 7.77. The molecule has 0 radical (unpaired) electrons. The van der Waals surface area contributed by atoms with Gasteiger partial charge < -0.3 is 14.5 Å². The third kappa shape index (κ3) is 3.60. The number of hydrogen-bond donors (Lipinski definition) is 1. The van der Waals surface area contributed by atoms with E-state index >= 15 is 0 Å². The number of carbonyl (C=O) groups is 1. The van der Waals surface area contributed by atoms with E-state index in [9.17, 15) is 14.9 Å². The fourth-order valence-corrected chi connectivity index (χ4v) is 2.02.